The second-order valence-electron chi connectivity index (χ2n) is 3.50. The molecule has 0 radical (unpaired) electrons. The Hall–Kier alpha value is -1.02. The van der Waals surface area contributed by atoms with Crippen LogP contribution in [0.3, 0.4) is 0 Å². The van der Waals surface area contributed by atoms with Gasteiger partial charge in [-0.1, -0.05) is 19.0 Å². The Morgan fingerprint density at radius 1 is 1.58 bits per heavy atom. The molecule has 0 aliphatic carbocycles. The summed E-state index contributed by atoms with van der Waals surface area (Å²) in [4.78, 5) is 13.7. The highest BCUT2D eigenvalue weighted by Gasteiger charge is 2.22. The summed E-state index contributed by atoms with van der Waals surface area (Å²) in [5.74, 6) is 0.184. The monoisotopic (exact) mass is 169 g/mol. The van der Waals surface area contributed by atoms with E-state index in [0.717, 1.165) is 12.8 Å². The van der Waals surface area contributed by atoms with Gasteiger partial charge in [-0.15, -0.1) is 0 Å². The van der Waals surface area contributed by atoms with Gasteiger partial charge in [0.25, 0.3) is 0 Å². The summed E-state index contributed by atoms with van der Waals surface area (Å²) in [6.45, 7) is 5.89. The maximum Gasteiger partial charge on any atom is 0.135 e. The van der Waals surface area contributed by atoms with Crippen LogP contribution in [-0.2, 0) is 4.79 Å². The van der Waals surface area contributed by atoms with Crippen LogP contribution in [0.5, 0.6) is 0 Å². The third-order valence-electron chi connectivity index (χ3n) is 2.08. The number of azide groups is 1. The minimum Gasteiger partial charge on any atom is -0.299 e. The van der Waals surface area contributed by atoms with E-state index >= 15 is 0 Å². The second-order valence-corrected chi connectivity index (χ2v) is 3.50. The summed E-state index contributed by atoms with van der Waals surface area (Å²) < 4.78 is 0. The van der Waals surface area contributed by atoms with Gasteiger partial charge in [0.15, 0.2) is 0 Å². The van der Waals surface area contributed by atoms with E-state index in [1.807, 2.05) is 13.8 Å². The molecule has 0 aromatic rings. The number of carbonyl (C=O) groups is 1. The molecule has 68 valence electrons. The first-order valence-electron chi connectivity index (χ1n) is 4.02. The highest BCUT2D eigenvalue weighted by molar-refractivity contribution is 5.81. The van der Waals surface area contributed by atoms with Crippen LogP contribution in [0.2, 0.25) is 0 Å². The molecule has 0 rings (SSSR count). The number of hydrogen-bond acceptors (Lipinski definition) is 2. The van der Waals surface area contributed by atoms with Gasteiger partial charge in [0.2, 0.25) is 0 Å². The van der Waals surface area contributed by atoms with Gasteiger partial charge in [0.1, 0.15) is 5.78 Å². The van der Waals surface area contributed by atoms with Gasteiger partial charge in [-0.2, -0.15) is 0 Å². The summed E-state index contributed by atoms with van der Waals surface area (Å²) >= 11 is 0. The summed E-state index contributed by atoms with van der Waals surface area (Å²) in [5, 5.41) is 3.40. The van der Waals surface area contributed by atoms with Crippen LogP contribution in [-0.4, -0.2) is 12.3 Å². The van der Waals surface area contributed by atoms with E-state index in [0.29, 0.717) is 6.54 Å². The zero-order valence-electron chi connectivity index (χ0n) is 7.87. The molecule has 0 heterocycles. The number of nitrogens with zero attached hydrogens (tertiary/aromatic N) is 3. The molecule has 0 aromatic carbocycles. The van der Waals surface area contributed by atoms with Gasteiger partial charge in [0.05, 0.1) is 0 Å². The molecule has 0 aromatic heterocycles. The predicted molar refractivity (Wildman–Crippen MR) is 47.7 cm³/mol. The Morgan fingerprint density at radius 3 is 2.58 bits per heavy atom. The number of hydrogen-bond donors (Lipinski definition) is 0. The predicted octanol–water partition coefficient (Wildman–Crippen LogP) is 2.69. The Balaban J connectivity index is 3.76. The van der Waals surface area contributed by atoms with Crippen molar-refractivity contribution >= 4 is 5.78 Å². The van der Waals surface area contributed by atoms with Crippen molar-refractivity contribution in [2.75, 3.05) is 6.54 Å². The highest BCUT2D eigenvalue weighted by Crippen LogP contribution is 2.22. The standard InChI is InChI=1S/C8H15N3O/c1-7(12)8(2,3)5-4-6-10-11-9/h4-6H2,1-3H3. The summed E-state index contributed by atoms with van der Waals surface area (Å²) in [6, 6.07) is 0. The smallest absolute Gasteiger partial charge is 0.135 e. The first-order valence-corrected chi connectivity index (χ1v) is 4.02. The van der Waals surface area contributed by atoms with Crippen molar-refractivity contribution < 1.29 is 4.79 Å². The van der Waals surface area contributed by atoms with Crippen molar-refractivity contribution in [3.8, 4) is 0 Å². The fourth-order valence-corrected chi connectivity index (χ4v) is 0.812. The van der Waals surface area contributed by atoms with Gasteiger partial charge < -0.3 is 0 Å². The second kappa shape index (κ2) is 4.78. The summed E-state index contributed by atoms with van der Waals surface area (Å²) in [7, 11) is 0. The third kappa shape index (κ3) is 3.98. The molecule has 0 atom stereocenters. The van der Waals surface area contributed by atoms with Crippen molar-refractivity contribution in [3.63, 3.8) is 0 Å². The van der Waals surface area contributed by atoms with Gasteiger partial charge in [0, 0.05) is 16.9 Å². The van der Waals surface area contributed by atoms with Crippen LogP contribution in [0.1, 0.15) is 33.6 Å². The molecule has 0 amide bonds. The quantitative estimate of drug-likeness (QED) is 0.270. The highest BCUT2D eigenvalue weighted by atomic mass is 16.1. The molecule has 0 aliphatic heterocycles. The topological polar surface area (TPSA) is 65.8 Å². The average molecular weight is 169 g/mol. The van der Waals surface area contributed by atoms with E-state index in [4.69, 9.17) is 5.53 Å². The molecule has 12 heavy (non-hydrogen) atoms. The first-order chi connectivity index (χ1) is 5.50. The Morgan fingerprint density at radius 2 is 2.17 bits per heavy atom. The minimum absolute atomic E-state index is 0.184. The van der Waals surface area contributed by atoms with E-state index in [1.54, 1.807) is 6.92 Å². The van der Waals surface area contributed by atoms with E-state index in [1.165, 1.54) is 0 Å². The maximum absolute atomic E-state index is 11.0. The van der Waals surface area contributed by atoms with Gasteiger partial charge in [-0.3, -0.25) is 4.79 Å². The average Bonchev–Trinajstić information content (AvgIpc) is 1.98. The van der Waals surface area contributed by atoms with Crippen LogP contribution >= 0.6 is 0 Å². The maximum atomic E-state index is 11.0. The van der Waals surface area contributed by atoms with E-state index in [2.05, 4.69) is 10.0 Å². The van der Waals surface area contributed by atoms with Crippen molar-refractivity contribution in [1.82, 2.24) is 0 Å². The van der Waals surface area contributed by atoms with E-state index < -0.39 is 0 Å². The van der Waals surface area contributed by atoms with Crippen LogP contribution in [0.15, 0.2) is 5.11 Å². The molecular weight excluding hydrogens is 154 g/mol. The van der Waals surface area contributed by atoms with Crippen LogP contribution in [0.25, 0.3) is 10.4 Å². The zero-order chi connectivity index (χ0) is 9.61. The lowest BCUT2D eigenvalue weighted by atomic mass is 9.84. The lowest BCUT2D eigenvalue weighted by Crippen LogP contribution is -2.21. The minimum atomic E-state index is -0.273. The SMILES string of the molecule is CC(=O)C(C)(C)CCCN=[N+]=[N-]. The fourth-order valence-electron chi connectivity index (χ4n) is 0.812. The third-order valence-corrected chi connectivity index (χ3v) is 2.08. The van der Waals surface area contributed by atoms with Crippen molar-refractivity contribution in [1.29, 1.82) is 0 Å². The lowest BCUT2D eigenvalue weighted by molar-refractivity contribution is -0.125. The Labute approximate surface area is 72.6 Å². The Bertz CT molecular complexity index is 204. The van der Waals surface area contributed by atoms with E-state index in [9.17, 15) is 4.79 Å². The van der Waals surface area contributed by atoms with Crippen molar-refractivity contribution in [2.45, 2.75) is 33.6 Å². The van der Waals surface area contributed by atoms with Crippen molar-refractivity contribution in [2.24, 2.45) is 10.5 Å². The van der Waals surface area contributed by atoms with Crippen LogP contribution < -0.4 is 0 Å². The molecule has 0 aliphatic rings. The zero-order valence-corrected chi connectivity index (χ0v) is 7.87. The number of carbonyl (C=O) groups excluding carboxylic acids is 1. The number of rotatable bonds is 5. The molecule has 0 saturated carbocycles. The molecule has 0 N–H and O–H groups in total. The van der Waals surface area contributed by atoms with Gasteiger partial charge >= 0.3 is 0 Å². The molecule has 4 nitrogen and oxygen atoms in total. The molecular formula is C8H15N3O. The summed E-state index contributed by atoms with van der Waals surface area (Å²) in [6.07, 6.45) is 1.55. The number of ketones is 1. The van der Waals surface area contributed by atoms with Crippen LogP contribution in [0.4, 0.5) is 0 Å². The van der Waals surface area contributed by atoms with E-state index in [-0.39, 0.29) is 11.2 Å². The lowest BCUT2D eigenvalue weighted by Gasteiger charge is -2.19. The molecule has 4 heteroatoms. The molecule has 0 fully saturated rings. The van der Waals surface area contributed by atoms with Crippen molar-refractivity contribution in [3.05, 3.63) is 10.4 Å². The number of Topliss-reactive ketones (excluding diaryl/α,β-unsaturated/α-hetero) is 1. The fraction of sp³-hybridized carbons (Fsp3) is 0.875. The molecule has 0 spiro atoms. The van der Waals surface area contributed by atoms with Gasteiger partial charge in [-0.05, 0) is 25.3 Å². The van der Waals surface area contributed by atoms with Crippen LogP contribution in [0, 0.1) is 5.41 Å². The normalized spacial score (nSPS) is 10.6. The Kier molecular flexibility index (Phi) is 4.37. The largest absolute Gasteiger partial charge is 0.299 e. The van der Waals surface area contributed by atoms with Gasteiger partial charge in [-0.25, -0.2) is 0 Å². The molecule has 0 unspecified atom stereocenters. The first kappa shape index (κ1) is 11.0. The summed E-state index contributed by atoms with van der Waals surface area (Å²) in [5.41, 5.74) is 7.72. The molecule has 0 bridgehead atoms. The molecule has 0 saturated heterocycles.